The van der Waals surface area contributed by atoms with Gasteiger partial charge >= 0.3 is 0 Å². The summed E-state index contributed by atoms with van der Waals surface area (Å²) < 4.78 is 0. The minimum atomic E-state index is 0.463. The molecular formula is C22H27N4P. The molecule has 3 aromatic rings. The van der Waals surface area contributed by atoms with Crippen LogP contribution in [0.5, 0.6) is 0 Å². The highest BCUT2D eigenvalue weighted by atomic mass is 31.0. The summed E-state index contributed by atoms with van der Waals surface area (Å²) in [6, 6.07) is 18.6. The van der Waals surface area contributed by atoms with Crippen LogP contribution >= 0.6 is 9.24 Å². The third kappa shape index (κ3) is 3.68. The van der Waals surface area contributed by atoms with Crippen LogP contribution in [0.2, 0.25) is 0 Å². The first kappa shape index (κ1) is 19.7. The molecule has 0 heterocycles. The lowest BCUT2D eigenvalue weighted by Crippen LogP contribution is -2.12. The number of hydrogen-bond acceptors (Lipinski definition) is 4. The average Bonchev–Trinajstić information content (AvgIpc) is 2.72. The van der Waals surface area contributed by atoms with Crippen molar-refractivity contribution in [2.45, 2.75) is 26.2 Å². The molecule has 0 radical (unpaired) electrons. The van der Waals surface area contributed by atoms with E-state index in [2.05, 4.69) is 51.7 Å². The van der Waals surface area contributed by atoms with Crippen LogP contribution in [-0.4, -0.2) is 0 Å². The lowest BCUT2D eigenvalue weighted by atomic mass is 9.89. The summed E-state index contributed by atoms with van der Waals surface area (Å²) in [5, 5.41) is 1.10. The lowest BCUT2D eigenvalue weighted by Gasteiger charge is -2.20. The molecule has 4 nitrogen and oxygen atoms in total. The SMILES string of the molecule is NCc1cccc(CN)c1-c1cccc(-c2c(CN)cccc2CN)c1P. The first-order chi connectivity index (χ1) is 13.2. The zero-order chi connectivity index (χ0) is 19.4. The van der Waals surface area contributed by atoms with Gasteiger partial charge in [0.2, 0.25) is 0 Å². The van der Waals surface area contributed by atoms with Crippen molar-refractivity contribution < 1.29 is 0 Å². The topological polar surface area (TPSA) is 104 Å². The van der Waals surface area contributed by atoms with Gasteiger partial charge in [0.1, 0.15) is 0 Å². The molecule has 0 amide bonds. The van der Waals surface area contributed by atoms with Gasteiger partial charge in [-0.1, -0.05) is 54.6 Å². The molecule has 0 saturated carbocycles. The Morgan fingerprint density at radius 3 is 1.11 bits per heavy atom. The van der Waals surface area contributed by atoms with Crippen LogP contribution in [0, 0.1) is 0 Å². The minimum absolute atomic E-state index is 0.463. The summed E-state index contributed by atoms with van der Waals surface area (Å²) >= 11 is 0. The molecule has 0 fully saturated rings. The van der Waals surface area contributed by atoms with Crippen LogP contribution < -0.4 is 28.2 Å². The maximum absolute atomic E-state index is 6.02. The molecule has 0 aromatic heterocycles. The van der Waals surface area contributed by atoms with Crippen LogP contribution in [0.4, 0.5) is 0 Å². The molecule has 0 saturated heterocycles. The van der Waals surface area contributed by atoms with Gasteiger partial charge in [0, 0.05) is 26.2 Å². The summed E-state index contributed by atoms with van der Waals surface area (Å²) in [6.07, 6.45) is 0. The molecule has 3 aromatic carbocycles. The molecule has 1 atom stereocenters. The molecule has 0 aliphatic heterocycles. The lowest BCUT2D eigenvalue weighted by molar-refractivity contribution is 1.03. The first-order valence-corrected chi connectivity index (χ1v) is 9.65. The maximum atomic E-state index is 6.02. The second-order valence-electron chi connectivity index (χ2n) is 6.49. The number of rotatable bonds is 6. The van der Waals surface area contributed by atoms with Crippen LogP contribution in [0.1, 0.15) is 22.3 Å². The van der Waals surface area contributed by atoms with Crippen molar-refractivity contribution in [1.29, 1.82) is 0 Å². The van der Waals surface area contributed by atoms with Gasteiger partial charge in [0.15, 0.2) is 0 Å². The van der Waals surface area contributed by atoms with E-state index in [1.165, 1.54) is 0 Å². The van der Waals surface area contributed by atoms with E-state index >= 15 is 0 Å². The maximum Gasteiger partial charge on any atom is 0.0184 e. The van der Waals surface area contributed by atoms with Gasteiger partial charge in [-0.25, -0.2) is 0 Å². The number of benzene rings is 3. The van der Waals surface area contributed by atoms with Crippen LogP contribution in [-0.2, 0) is 26.2 Å². The minimum Gasteiger partial charge on any atom is -0.326 e. The Bertz CT molecular complexity index is 835. The van der Waals surface area contributed by atoms with Crippen molar-refractivity contribution >= 4 is 14.5 Å². The molecule has 140 valence electrons. The van der Waals surface area contributed by atoms with Gasteiger partial charge in [-0.15, -0.1) is 9.24 Å². The van der Waals surface area contributed by atoms with Crippen molar-refractivity contribution in [1.82, 2.24) is 0 Å². The van der Waals surface area contributed by atoms with E-state index in [9.17, 15) is 0 Å². The van der Waals surface area contributed by atoms with Crippen LogP contribution in [0.15, 0.2) is 54.6 Å². The fourth-order valence-electron chi connectivity index (χ4n) is 3.68. The van der Waals surface area contributed by atoms with Gasteiger partial charge in [-0.2, -0.15) is 0 Å². The number of hydrogen-bond donors (Lipinski definition) is 4. The molecule has 8 N–H and O–H groups in total. The van der Waals surface area contributed by atoms with Crippen molar-refractivity contribution in [2.24, 2.45) is 22.9 Å². The van der Waals surface area contributed by atoms with E-state index in [-0.39, 0.29) is 0 Å². The third-order valence-corrected chi connectivity index (χ3v) is 5.62. The average molecular weight is 378 g/mol. The van der Waals surface area contributed by atoms with E-state index in [4.69, 9.17) is 22.9 Å². The Kier molecular flexibility index (Phi) is 6.38. The second-order valence-corrected chi connectivity index (χ2v) is 7.06. The summed E-state index contributed by atoms with van der Waals surface area (Å²) in [5.74, 6) is 0. The molecular weight excluding hydrogens is 351 g/mol. The van der Waals surface area contributed by atoms with Crippen LogP contribution in [0.3, 0.4) is 0 Å². The molecule has 3 rings (SSSR count). The standard InChI is InChI=1S/C22H27N4P/c23-10-14-4-1-5-15(11-24)20(14)18-8-3-9-19(22(18)27)21-16(12-25)6-2-7-17(21)13-26/h1-9H,10-13,23-27H2. The fraction of sp³-hybridized carbons (Fsp3) is 0.182. The third-order valence-electron chi connectivity index (χ3n) is 5.00. The fourth-order valence-corrected chi connectivity index (χ4v) is 4.16. The first-order valence-electron chi connectivity index (χ1n) is 9.07. The monoisotopic (exact) mass is 378 g/mol. The predicted octanol–water partition coefficient (Wildman–Crippen LogP) is 2.36. The predicted molar refractivity (Wildman–Crippen MR) is 118 cm³/mol. The Morgan fingerprint density at radius 1 is 0.519 bits per heavy atom. The largest absolute Gasteiger partial charge is 0.326 e. The number of nitrogens with two attached hydrogens (primary N) is 4. The van der Waals surface area contributed by atoms with E-state index < -0.39 is 0 Å². The van der Waals surface area contributed by atoms with Gasteiger partial charge in [-0.05, 0) is 49.8 Å². The molecule has 5 heteroatoms. The van der Waals surface area contributed by atoms with E-state index in [0.717, 1.165) is 49.8 Å². The molecule has 27 heavy (non-hydrogen) atoms. The van der Waals surface area contributed by atoms with E-state index in [1.807, 2.05) is 12.1 Å². The van der Waals surface area contributed by atoms with Crippen molar-refractivity contribution in [2.75, 3.05) is 0 Å². The van der Waals surface area contributed by atoms with Gasteiger partial charge in [0.25, 0.3) is 0 Å². The highest BCUT2D eigenvalue weighted by Crippen LogP contribution is 2.34. The highest BCUT2D eigenvalue weighted by molar-refractivity contribution is 7.28. The summed E-state index contributed by atoms with van der Waals surface area (Å²) in [5.41, 5.74) is 32.9. The quantitative estimate of drug-likeness (QED) is 0.494. The van der Waals surface area contributed by atoms with Gasteiger partial charge < -0.3 is 22.9 Å². The Hall–Kier alpha value is -2.07. The Labute approximate surface area is 163 Å². The highest BCUT2D eigenvalue weighted by Gasteiger charge is 2.17. The van der Waals surface area contributed by atoms with Crippen LogP contribution in [0.25, 0.3) is 22.3 Å². The molecule has 0 bridgehead atoms. The van der Waals surface area contributed by atoms with Gasteiger partial charge in [-0.3, -0.25) is 0 Å². The Morgan fingerprint density at radius 2 is 0.815 bits per heavy atom. The second kappa shape index (κ2) is 8.75. The zero-order valence-electron chi connectivity index (χ0n) is 15.4. The molecule has 0 aliphatic rings. The van der Waals surface area contributed by atoms with E-state index in [0.29, 0.717) is 26.2 Å². The molecule has 0 aliphatic carbocycles. The Balaban J connectivity index is 2.30. The van der Waals surface area contributed by atoms with Crippen molar-refractivity contribution in [3.8, 4) is 22.3 Å². The zero-order valence-corrected chi connectivity index (χ0v) is 16.6. The summed E-state index contributed by atoms with van der Waals surface area (Å²) in [7, 11) is 2.90. The van der Waals surface area contributed by atoms with E-state index in [1.54, 1.807) is 0 Å². The summed E-state index contributed by atoms with van der Waals surface area (Å²) in [6.45, 7) is 1.85. The van der Waals surface area contributed by atoms with Gasteiger partial charge in [0.05, 0.1) is 0 Å². The molecule has 1 unspecified atom stereocenters. The smallest absolute Gasteiger partial charge is 0.0184 e. The van der Waals surface area contributed by atoms with Crippen molar-refractivity contribution in [3.63, 3.8) is 0 Å². The summed E-state index contributed by atoms with van der Waals surface area (Å²) in [4.78, 5) is 0. The molecule has 0 spiro atoms. The normalized spacial score (nSPS) is 11.0. The van der Waals surface area contributed by atoms with Crippen molar-refractivity contribution in [3.05, 3.63) is 76.9 Å².